The number of sulfonamides is 1. The van der Waals surface area contributed by atoms with E-state index in [4.69, 9.17) is 0 Å². The van der Waals surface area contributed by atoms with Crippen LogP contribution in [0.2, 0.25) is 0 Å². The van der Waals surface area contributed by atoms with Crippen LogP contribution >= 0.6 is 0 Å². The highest BCUT2D eigenvalue weighted by Crippen LogP contribution is 2.30. The van der Waals surface area contributed by atoms with Crippen molar-refractivity contribution < 1.29 is 18.0 Å². The molecule has 1 N–H and O–H groups in total. The molecule has 0 saturated carbocycles. The molecule has 0 atom stereocenters. The molecule has 0 aliphatic carbocycles. The Morgan fingerprint density at radius 3 is 2.52 bits per heavy atom. The molecule has 1 heterocycles. The highest BCUT2D eigenvalue weighted by molar-refractivity contribution is 7.89. The van der Waals surface area contributed by atoms with E-state index >= 15 is 0 Å². The zero-order chi connectivity index (χ0) is 19.8. The summed E-state index contributed by atoms with van der Waals surface area (Å²) in [4.78, 5) is 25.5. The largest absolute Gasteiger partial charge is 0.325 e. The molecule has 2 aromatic rings. The fourth-order valence-electron chi connectivity index (χ4n) is 2.91. The van der Waals surface area contributed by atoms with E-state index in [-0.39, 0.29) is 23.8 Å². The number of amides is 2. The number of fused-ring (bicyclic) bond motifs is 1. The maximum Gasteiger partial charge on any atom is 0.243 e. The second-order valence-corrected chi connectivity index (χ2v) is 8.64. The van der Waals surface area contributed by atoms with E-state index in [2.05, 4.69) is 5.32 Å². The summed E-state index contributed by atoms with van der Waals surface area (Å²) in [5.74, 6) is -0.508. The van der Waals surface area contributed by atoms with Crippen molar-refractivity contribution in [3.8, 4) is 0 Å². The lowest BCUT2D eigenvalue weighted by molar-refractivity contribution is -0.117. The molecule has 0 bridgehead atoms. The number of likely N-dealkylation sites (N-methyl/N-ethyl adjacent to an activating group) is 2. The molecule has 3 rings (SSSR count). The Bertz CT molecular complexity index is 1000. The summed E-state index contributed by atoms with van der Waals surface area (Å²) in [5, 5.41) is 2.68. The highest BCUT2D eigenvalue weighted by Gasteiger charge is 2.28. The topological polar surface area (TPSA) is 86.8 Å². The van der Waals surface area contributed by atoms with E-state index in [1.807, 2.05) is 19.1 Å². The quantitative estimate of drug-likeness (QED) is 0.847. The van der Waals surface area contributed by atoms with Crippen molar-refractivity contribution in [1.82, 2.24) is 4.31 Å². The molecule has 0 spiro atoms. The number of hydrogen-bond acceptors (Lipinski definition) is 4. The Morgan fingerprint density at radius 2 is 1.85 bits per heavy atom. The zero-order valence-electron chi connectivity index (χ0n) is 15.4. The lowest BCUT2D eigenvalue weighted by atomic mass is 10.2. The molecule has 0 saturated heterocycles. The van der Waals surface area contributed by atoms with Crippen molar-refractivity contribution in [3.05, 3.63) is 53.6 Å². The van der Waals surface area contributed by atoms with Crippen molar-refractivity contribution in [2.24, 2.45) is 0 Å². The number of anilines is 2. The van der Waals surface area contributed by atoms with Gasteiger partial charge in [0.2, 0.25) is 21.8 Å². The second kappa shape index (κ2) is 7.13. The van der Waals surface area contributed by atoms with Crippen LogP contribution in [0.4, 0.5) is 11.4 Å². The monoisotopic (exact) mass is 387 g/mol. The van der Waals surface area contributed by atoms with Crippen LogP contribution in [0, 0.1) is 6.92 Å². The van der Waals surface area contributed by atoms with Gasteiger partial charge >= 0.3 is 0 Å². The minimum Gasteiger partial charge on any atom is -0.325 e. The van der Waals surface area contributed by atoms with E-state index in [0.717, 1.165) is 9.87 Å². The predicted octanol–water partition coefficient (Wildman–Crippen LogP) is 1.77. The van der Waals surface area contributed by atoms with Crippen molar-refractivity contribution in [1.29, 1.82) is 0 Å². The van der Waals surface area contributed by atoms with Gasteiger partial charge in [-0.3, -0.25) is 9.59 Å². The molecule has 0 unspecified atom stereocenters. The second-order valence-electron chi connectivity index (χ2n) is 6.60. The van der Waals surface area contributed by atoms with E-state index in [1.54, 1.807) is 25.2 Å². The summed E-state index contributed by atoms with van der Waals surface area (Å²) < 4.78 is 26.5. The number of aryl methyl sites for hydroxylation is 1. The van der Waals surface area contributed by atoms with Crippen LogP contribution in [0.15, 0.2) is 47.4 Å². The van der Waals surface area contributed by atoms with Crippen LogP contribution in [0.3, 0.4) is 0 Å². The molecule has 2 amide bonds. The van der Waals surface area contributed by atoms with E-state index in [1.165, 1.54) is 24.1 Å². The van der Waals surface area contributed by atoms with Gasteiger partial charge in [0.25, 0.3) is 0 Å². The normalized spacial score (nSPS) is 13.8. The molecule has 7 nitrogen and oxygen atoms in total. The van der Waals surface area contributed by atoms with Crippen molar-refractivity contribution >= 4 is 33.2 Å². The fraction of sp³-hybridized carbons (Fsp3) is 0.263. The first-order valence-electron chi connectivity index (χ1n) is 8.41. The van der Waals surface area contributed by atoms with E-state index in [9.17, 15) is 18.0 Å². The molecule has 8 heteroatoms. The van der Waals surface area contributed by atoms with Crippen LogP contribution in [0.25, 0.3) is 0 Å². The van der Waals surface area contributed by atoms with Gasteiger partial charge in [-0.15, -0.1) is 0 Å². The molecule has 27 heavy (non-hydrogen) atoms. The van der Waals surface area contributed by atoms with Gasteiger partial charge in [-0.05, 0) is 42.8 Å². The molecule has 1 aliphatic heterocycles. The third-order valence-electron chi connectivity index (χ3n) is 4.54. The van der Waals surface area contributed by atoms with Gasteiger partial charge in [0.15, 0.2) is 0 Å². The lowest BCUT2D eigenvalue weighted by Crippen LogP contribution is -2.35. The van der Waals surface area contributed by atoms with Crippen LogP contribution in [0.5, 0.6) is 0 Å². The molecule has 0 fully saturated rings. The summed E-state index contributed by atoms with van der Waals surface area (Å²) in [6.45, 7) is 1.63. The summed E-state index contributed by atoms with van der Waals surface area (Å²) in [5.41, 5.74) is 3.05. The van der Waals surface area contributed by atoms with Gasteiger partial charge in [-0.25, -0.2) is 8.42 Å². The summed E-state index contributed by atoms with van der Waals surface area (Å²) in [6.07, 6.45) is 0.173. The first-order valence-corrected chi connectivity index (χ1v) is 9.85. The molecule has 142 valence electrons. The standard InChI is InChI=1S/C19H21N3O4S/c1-13-4-6-15(7-5-13)20-18(23)12-21(2)27(25,26)16-8-9-17-14(10-16)11-19(24)22(17)3/h4-10H,11-12H2,1-3H3,(H,20,23). The molecule has 1 aliphatic rings. The molecule has 2 aromatic carbocycles. The Hall–Kier alpha value is -2.71. The molecular formula is C19H21N3O4S. The van der Waals surface area contributed by atoms with Crippen LogP contribution in [-0.4, -0.2) is 45.2 Å². The maximum absolute atomic E-state index is 12.8. The third kappa shape index (κ3) is 3.86. The molecule has 0 aromatic heterocycles. The average molecular weight is 387 g/mol. The number of hydrogen-bond donors (Lipinski definition) is 1. The lowest BCUT2D eigenvalue weighted by Gasteiger charge is -2.18. The molecular weight excluding hydrogens is 366 g/mol. The van der Waals surface area contributed by atoms with Gasteiger partial charge in [0, 0.05) is 25.5 Å². The first-order chi connectivity index (χ1) is 12.7. The van der Waals surface area contributed by atoms with Crippen molar-refractivity contribution in [2.75, 3.05) is 30.9 Å². The summed E-state index contributed by atoms with van der Waals surface area (Å²) in [7, 11) is -0.835. The zero-order valence-corrected chi connectivity index (χ0v) is 16.2. The average Bonchev–Trinajstić information content (AvgIpc) is 2.90. The Balaban J connectivity index is 1.73. The van der Waals surface area contributed by atoms with Gasteiger partial charge in [-0.1, -0.05) is 17.7 Å². The Labute approximate surface area is 158 Å². The summed E-state index contributed by atoms with van der Waals surface area (Å²) in [6, 6.07) is 11.8. The number of nitrogens with one attached hydrogen (secondary N) is 1. The number of carbonyl (C=O) groups excluding carboxylic acids is 2. The SMILES string of the molecule is Cc1ccc(NC(=O)CN(C)S(=O)(=O)c2ccc3c(c2)CC(=O)N3C)cc1. The van der Waals surface area contributed by atoms with Crippen LogP contribution in [-0.2, 0) is 26.0 Å². The van der Waals surface area contributed by atoms with Crippen LogP contribution in [0.1, 0.15) is 11.1 Å². The number of carbonyl (C=O) groups is 2. The van der Waals surface area contributed by atoms with Crippen molar-refractivity contribution in [2.45, 2.75) is 18.2 Å². The Kier molecular flexibility index (Phi) is 5.03. The predicted molar refractivity (Wildman–Crippen MR) is 103 cm³/mol. The molecule has 0 radical (unpaired) electrons. The number of benzene rings is 2. The van der Waals surface area contributed by atoms with E-state index in [0.29, 0.717) is 16.9 Å². The fourth-order valence-corrected chi connectivity index (χ4v) is 4.09. The van der Waals surface area contributed by atoms with Gasteiger partial charge in [-0.2, -0.15) is 4.31 Å². The first kappa shape index (κ1) is 19.1. The third-order valence-corrected chi connectivity index (χ3v) is 6.34. The van der Waals surface area contributed by atoms with Gasteiger partial charge < -0.3 is 10.2 Å². The minimum atomic E-state index is -3.85. The number of nitrogens with zero attached hydrogens (tertiary/aromatic N) is 2. The van der Waals surface area contributed by atoms with Gasteiger partial charge in [0.05, 0.1) is 17.9 Å². The van der Waals surface area contributed by atoms with E-state index < -0.39 is 15.9 Å². The smallest absolute Gasteiger partial charge is 0.243 e. The van der Waals surface area contributed by atoms with Crippen molar-refractivity contribution in [3.63, 3.8) is 0 Å². The number of rotatable bonds is 5. The minimum absolute atomic E-state index is 0.0648. The Morgan fingerprint density at radius 1 is 1.19 bits per heavy atom. The van der Waals surface area contributed by atoms with Gasteiger partial charge in [0.1, 0.15) is 0 Å². The summed E-state index contributed by atoms with van der Waals surface area (Å²) >= 11 is 0. The highest BCUT2D eigenvalue weighted by atomic mass is 32.2. The maximum atomic E-state index is 12.8. The van der Waals surface area contributed by atoms with Crippen LogP contribution < -0.4 is 10.2 Å².